The van der Waals surface area contributed by atoms with Gasteiger partial charge in [0.2, 0.25) is 0 Å². The SMILES string of the molecule is Cc1cc2c3c(c1)N(c1ccc(Cc4ccccc4)cc1)c1ccc(Cc4ccccc4)cc1B3c1cc(Cc3ccccc3)ccc1N2c1ccc(Cc2ccccc2)cc1. The molecule has 9 aromatic carbocycles. The summed E-state index contributed by atoms with van der Waals surface area (Å²) in [4.78, 5) is 5.08. The van der Waals surface area contributed by atoms with Crippen LogP contribution in [0.25, 0.3) is 0 Å². The van der Waals surface area contributed by atoms with E-state index in [0.717, 1.165) is 25.7 Å². The molecular formula is C59H47BN2. The lowest BCUT2D eigenvalue weighted by molar-refractivity contribution is 1.17. The van der Waals surface area contributed by atoms with Crippen molar-refractivity contribution in [1.29, 1.82) is 0 Å². The molecule has 0 radical (unpaired) electrons. The van der Waals surface area contributed by atoms with Crippen LogP contribution in [-0.2, 0) is 25.7 Å². The van der Waals surface area contributed by atoms with Crippen LogP contribution in [0.3, 0.4) is 0 Å². The van der Waals surface area contributed by atoms with Gasteiger partial charge in [-0.15, -0.1) is 0 Å². The molecule has 9 aromatic rings. The van der Waals surface area contributed by atoms with Gasteiger partial charge in [-0.3, -0.25) is 0 Å². The smallest absolute Gasteiger partial charge is 0.252 e. The Labute approximate surface area is 366 Å². The van der Waals surface area contributed by atoms with Crippen molar-refractivity contribution in [2.75, 3.05) is 9.80 Å². The second-order valence-corrected chi connectivity index (χ2v) is 17.1. The third kappa shape index (κ3) is 7.30. The molecule has 0 N–H and O–H groups in total. The fourth-order valence-electron chi connectivity index (χ4n) is 9.87. The number of aryl methyl sites for hydroxylation is 1. The zero-order valence-electron chi connectivity index (χ0n) is 35.1. The van der Waals surface area contributed by atoms with Crippen LogP contribution in [0.5, 0.6) is 0 Å². The summed E-state index contributed by atoms with van der Waals surface area (Å²) < 4.78 is 0. The highest BCUT2D eigenvalue weighted by Gasteiger charge is 2.43. The Morgan fingerprint density at radius 1 is 0.306 bits per heavy atom. The van der Waals surface area contributed by atoms with Crippen LogP contribution in [0.4, 0.5) is 34.1 Å². The summed E-state index contributed by atoms with van der Waals surface area (Å²) in [5.74, 6) is 0. The Hall–Kier alpha value is -7.36. The topological polar surface area (TPSA) is 6.48 Å². The number of hydrogen-bond acceptors (Lipinski definition) is 2. The second-order valence-electron chi connectivity index (χ2n) is 17.1. The van der Waals surface area contributed by atoms with Gasteiger partial charge in [0.25, 0.3) is 6.71 Å². The summed E-state index contributed by atoms with van der Waals surface area (Å²) in [6.07, 6.45) is 3.57. The molecule has 2 aliphatic heterocycles. The normalized spacial score (nSPS) is 12.4. The molecular weight excluding hydrogens is 747 g/mol. The van der Waals surface area contributed by atoms with Gasteiger partial charge in [0, 0.05) is 34.1 Å². The molecule has 0 saturated carbocycles. The quantitative estimate of drug-likeness (QED) is 0.127. The first-order chi connectivity index (χ1) is 30.6. The summed E-state index contributed by atoms with van der Waals surface area (Å²) >= 11 is 0. The zero-order chi connectivity index (χ0) is 41.4. The van der Waals surface area contributed by atoms with E-state index in [1.807, 2.05) is 0 Å². The van der Waals surface area contributed by atoms with E-state index in [9.17, 15) is 0 Å². The molecule has 2 nitrogen and oxygen atoms in total. The van der Waals surface area contributed by atoms with E-state index in [-0.39, 0.29) is 6.71 Å². The summed E-state index contributed by atoms with van der Waals surface area (Å²) in [7, 11) is 0. The monoisotopic (exact) mass is 794 g/mol. The van der Waals surface area contributed by atoms with Crippen molar-refractivity contribution in [3.63, 3.8) is 0 Å². The molecule has 0 atom stereocenters. The van der Waals surface area contributed by atoms with E-state index < -0.39 is 0 Å². The Morgan fingerprint density at radius 3 is 0.968 bits per heavy atom. The van der Waals surface area contributed by atoms with Crippen molar-refractivity contribution < 1.29 is 0 Å². The molecule has 0 bridgehead atoms. The lowest BCUT2D eigenvalue weighted by atomic mass is 9.33. The fourth-order valence-corrected chi connectivity index (χ4v) is 9.87. The molecule has 11 rings (SSSR count). The van der Waals surface area contributed by atoms with Crippen molar-refractivity contribution in [3.05, 3.63) is 268 Å². The number of hydrogen-bond donors (Lipinski definition) is 0. The summed E-state index contributed by atoms with van der Waals surface area (Å²) in [6.45, 7) is 2.30. The van der Waals surface area contributed by atoms with Gasteiger partial charge in [0.1, 0.15) is 0 Å². The molecule has 0 saturated heterocycles. The standard InChI is InChI=1S/C59H47BN2/c1-42-34-57-59-58(35-42)62(52-30-24-48(25-31-52)37-44-16-8-3-9-17-44)56-33-27-50(39-46-20-12-5-13-21-46)41-54(56)60(59)53-40-49(38-45-18-10-4-11-19-45)26-32-55(53)61(57)51-28-22-47(23-29-51)36-43-14-6-2-7-15-43/h2-35,40-41H,36-39H2,1H3. The third-order valence-corrected chi connectivity index (χ3v) is 12.7. The minimum absolute atomic E-state index is 0.0410. The molecule has 0 amide bonds. The van der Waals surface area contributed by atoms with Crippen LogP contribution in [0.15, 0.2) is 218 Å². The van der Waals surface area contributed by atoms with Crippen molar-refractivity contribution in [2.24, 2.45) is 0 Å². The third-order valence-electron chi connectivity index (χ3n) is 12.7. The number of rotatable bonds is 10. The molecule has 0 unspecified atom stereocenters. The average molecular weight is 795 g/mol. The highest BCUT2D eigenvalue weighted by Crippen LogP contribution is 2.45. The maximum Gasteiger partial charge on any atom is 0.252 e. The predicted molar refractivity (Wildman–Crippen MR) is 262 cm³/mol. The zero-order valence-corrected chi connectivity index (χ0v) is 35.1. The van der Waals surface area contributed by atoms with E-state index in [1.165, 1.54) is 101 Å². The Balaban J connectivity index is 1.10. The largest absolute Gasteiger partial charge is 0.311 e. The van der Waals surface area contributed by atoms with E-state index in [0.29, 0.717) is 0 Å². The van der Waals surface area contributed by atoms with Crippen LogP contribution < -0.4 is 26.2 Å². The summed E-state index contributed by atoms with van der Waals surface area (Å²) in [5.41, 5.74) is 23.1. The first-order valence-electron chi connectivity index (χ1n) is 22.0. The summed E-state index contributed by atoms with van der Waals surface area (Å²) in [6, 6.07) is 81.2. The molecule has 2 heterocycles. The lowest BCUT2D eigenvalue weighted by Crippen LogP contribution is -2.61. The van der Waals surface area contributed by atoms with Crippen molar-refractivity contribution in [3.8, 4) is 0 Å². The Morgan fingerprint density at radius 2 is 0.613 bits per heavy atom. The number of fused-ring (bicyclic) bond motifs is 4. The van der Waals surface area contributed by atoms with E-state index in [2.05, 4.69) is 235 Å². The van der Waals surface area contributed by atoms with Crippen LogP contribution in [0, 0.1) is 6.92 Å². The van der Waals surface area contributed by atoms with Crippen molar-refractivity contribution >= 4 is 57.2 Å². The molecule has 3 heteroatoms. The van der Waals surface area contributed by atoms with Gasteiger partial charge in [-0.1, -0.05) is 170 Å². The molecule has 0 spiro atoms. The van der Waals surface area contributed by atoms with E-state index >= 15 is 0 Å². The van der Waals surface area contributed by atoms with Gasteiger partial charge in [-0.05, 0) is 148 Å². The molecule has 2 aliphatic rings. The number of anilines is 6. The van der Waals surface area contributed by atoms with Crippen molar-refractivity contribution in [2.45, 2.75) is 32.6 Å². The van der Waals surface area contributed by atoms with Gasteiger partial charge < -0.3 is 9.80 Å². The first kappa shape index (κ1) is 37.6. The Bertz CT molecular complexity index is 2800. The van der Waals surface area contributed by atoms with Crippen LogP contribution in [0.2, 0.25) is 0 Å². The maximum atomic E-state index is 2.54. The van der Waals surface area contributed by atoms with E-state index in [1.54, 1.807) is 0 Å². The lowest BCUT2D eigenvalue weighted by Gasteiger charge is -2.44. The molecule has 0 aromatic heterocycles. The second kappa shape index (κ2) is 16.3. The molecule has 0 fully saturated rings. The molecule has 296 valence electrons. The number of benzene rings is 9. The maximum absolute atomic E-state index is 2.54. The number of nitrogens with zero attached hydrogens (tertiary/aromatic N) is 2. The van der Waals surface area contributed by atoms with Crippen LogP contribution >= 0.6 is 0 Å². The minimum atomic E-state index is 0.0410. The minimum Gasteiger partial charge on any atom is -0.311 e. The van der Waals surface area contributed by atoms with Gasteiger partial charge in [0.05, 0.1) is 0 Å². The van der Waals surface area contributed by atoms with Gasteiger partial charge >= 0.3 is 0 Å². The van der Waals surface area contributed by atoms with Crippen LogP contribution in [-0.4, -0.2) is 6.71 Å². The highest BCUT2D eigenvalue weighted by molar-refractivity contribution is 7.00. The average Bonchev–Trinajstić information content (AvgIpc) is 3.31. The van der Waals surface area contributed by atoms with Crippen LogP contribution in [0.1, 0.15) is 50.1 Å². The molecule has 62 heavy (non-hydrogen) atoms. The van der Waals surface area contributed by atoms with Crippen molar-refractivity contribution in [1.82, 2.24) is 0 Å². The Kier molecular flexibility index (Phi) is 9.86. The van der Waals surface area contributed by atoms with E-state index in [4.69, 9.17) is 0 Å². The highest BCUT2D eigenvalue weighted by atomic mass is 15.2. The first-order valence-corrected chi connectivity index (χ1v) is 22.0. The van der Waals surface area contributed by atoms with Gasteiger partial charge in [0.15, 0.2) is 0 Å². The fraction of sp³-hybridized carbons (Fsp3) is 0.0847. The predicted octanol–water partition coefficient (Wildman–Crippen LogP) is 12.4. The summed E-state index contributed by atoms with van der Waals surface area (Å²) in [5, 5.41) is 0. The van der Waals surface area contributed by atoms with Gasteiger partial charge in [-0.2, -0.15) is 0 Å². The van der Waals surface area contributed by atoms with Gasteiger partial charge in [-0.25, -0.2) is 0 Å². The molecule has 0 aliphatic carbocycles.